The number of rotatable bonds is 4. The summed E-state index contributed by atoms with van der Waals surface area (Å²) in [6.45, 7) is 0.614. The van der Waals surface area contributed by atoms with Crippen LogP contribution in [-0.2, 0) is 32.3 Å². The fraction of sp³-hybridized carbons (Fsp3) is 0.400. The molecule has 34 heavy (non-hydrogen) atoms. The smallest absolute Gasteiger partial charge is 0.416 e. The van der Waals surface area contributed by atoms with E-state index >= 15 is 0 Å². The van der Waals surface area contributed by atoms with Crippen LogP contribution < -0.4 is 4.90 Å². The summed E-state index contributed by atoms with van der Waals surface area (Å²) in [5, 5.41) is 0. The van der Waals surface area contributed by atoms with Gasteiger partial charge in [-0.1, -0.05) is 18.2 Å². The second-order valence-corrected chi connectivity index (χ2v) is 8.71. The summed E-state index contributed by atoms with van der Waals surface area (Å²) in [4.78, 5) is 41.2. The number of carbonyl (C=O) groups excluding carboxylic acids is 3. The van der Waals surface area contributed by atoms with Gasteiger partial charge in [-0.05, 0) is 54.7 Å². The Balaban J connectivity index is 1.47. The fourth-order valence-electron chi connectivity index (χ4n) is 5.04. The van der Waals surface area contributed by atoms with E-state index in [1.807, 2.05) is 0 Å². The minimum absolute atomic E-state index is 0.0108. The predicted molar refractivity (Wildman–Crippen MR) is 118 cm³/mol. The second-order valence-electron chi connectivity index (χ2n) is 8.71. The summed E-state index contributed by atoms with van der Waals surface area (Å²) in [7, 11) is 2.98. The maximum atomic E-state index is 13.2. The van der Waals surface area contributed by atoms with Gasteiger partial charge in [0, 0.05) is 32.2 Å². The zero-order chi connectivity index (χ0) is 24.7. The van der Waals surface area contributed by atoms with Gasteiger partial charge in [0.2, 0.25) is 11.8 Å². The number of hydrogen-bond acceptors (Lipinski definition) is 4. The summed E-state index contributed by atoms with van der Waals surface area (Å²) in [5.74, 6) is -0.823. The molecule has 9 heteroatoms. The Morgan fingerprint density at radius 2 is 1.76 bits per heavy atom. The van der Waals surface area contributed by atoms with Gasteiger partial charge < -0.3 is 14.5 Å². The zero-order valence-electron chi connectivity index (χ0n) is 18.9. The van der Waals surface area contributed by atoms with Crippen LogP contribution in [0.25, 0.3) is 0 Å². The molecule has 0 aliphatic carbocycles. The highest BCUT2D eigenvalue weighted by atomic mass is 19.4. The molecule has 1 fully saturated rings. The number of nitrogens with zero attached hydrogens (tertiary/aromatic N) is 2. The van der Waals surface area contributed by atoms with Gasteiger partial charge in [-0.2, -0.15) is 13.2 Å². The van der Waals surface area contributed by atoms with Gasteiger partial charge >= 0.3 is 12.1 Å². The fourth-order valence-corrected chi connectivity index (χ4v) is 5.04. The maximum Gasteiger partial charge on any atom is 0.416 e. The van der Waals surface area contributed by atoms with Crippen molar-refractivity contribution in [2.75, 3.05) is 32.1 Å². The van der Waals surface area contributed by atoms with E-state index in [9.17, 15) is 27.6 Å². The van der Waals surface area contributed by atoms with Crippen LogP contribution in [0.1, 0.15) is 46.3 Å². The molecule has 0 unspecified atom stereocenters. The van der Waals surface area contributed by atoms with E-state index in [-0.39, 0.29) is 30.2 Å². The van der Waals surface area contributed by atoms with Crippen molar-refractivity contribution in [2.45, 2.75) is 37.3 Å². The number of fused-ring (bicyclic) bond motifs is 2. The number of carbonyl (C=O) groups is 3. The number of likely N-dealkylation sites (N-methyl/N-ethyl adjacent to an activating group) is 1. The Hall–Kier alpha value is -3.36. The first-order valence-electron chi connectivity index (χ1n) is 11.0. The molecular weight excluding hydrogens is 449 g/mol. The first-order valence-corrected chi connectivity index (χ1v) is 11.0. The number of likely N-dealkylation sites (tertiary alicyclic amines) is 1. The summed E-state index contributed by atoms with van der Waals surface area (Å²) in [5.41, 5.74) is 0.348. The average molecular weight is 474 g/mol. The van der Waals surface area contributed by atoms with Crippen molar-refractivity contribution in [2.24, 2.45) is 0 Å². The predicted octanol–water partition coefficient (Wildman–Crippen LogP) is 3.96. The second kappa shape index (κ2) is 8.77. The quantitative estimate of drug-likeness (QED) is 0.630. The van der Waals surface area contributed by atoms with Crippen LogP contribution in [0.4, 0.5) is 18.9 Å². The van der Waals surface area contributed by atoms with Crippen LogP contribution in [0, 0.1) is 0 Å². The van der Waals surface area contributed by atoms with Gasteiger partial charge in [-0.25, -0.2) is 4.79 Å². The van der Waals surface area contributed by atoms with Gasteiger partial charge in [0.15, 0.2) is 0 Å². The topological polar surface area (TPSA) is 66.9 Å². The molecule has 2 heterocycles. The largest absolute Gasteiger partial charge is 0.465 e. The highest BCUT2D eigenvalue weighted by Gasteiger charge is 2.51. The standard InChI is InChI=1S/C25H25F3N2O4/c1-29-20-9-7-17(22(32)34-2)15-19(20)24(23(29)33)11-13-30(14-12-24)21(31)10-8-16-5-3-4-6-18(16)25(26,27)28/h3-7,9,15H,8,10-14H2,1-2H3. The van der Waals surface area contributed by atoms with Gasteiger partial charge in [0.1, 0.15) is 0 Å². The van der Waals surface area contributed by atoms with Crippen LogP contribution in [0.2, 0.25) is 0 Å². The number of esters is 1. The number of benzene rings is 2. The molecule has 6 nitrogen and oxygen atoms in total. The number of hydrogen-bond donors (Lipinski definition) is 0. The minimum Gasteiger partial charge on any atom is -0.465 e. The molecule has 1 spiro atoms. The monoisotopic (exact) mass is 474 g/mol. The normalized spacial score (nSPS) is 17.1. The maximum absolute atomic E-state index is 13.2. The van der Waals surface area contributed by atoms with Gasteiger partial charge in [-0.3, -0.25) is 9.59 Å². The first kappa shape index (κ1) is 23.8. The molecule has 0 N–H and O–H groups in total. The molecule has 2 aliphatic rings. The molecule has 4 rings (SSSR count). The molecule has 2 amide bonds. The summed E-state index contributed by atoms with van der Waals surface area (Å²) in [6, 6.07) is 10.3. The van der Waals surface area contributed by atoms with E-state index in [0.717, 1.165) is 17.3 Å². The van der Waals surface area contributed by atoms with Crippen LogP contribution in [0.3, 0.4) is 0 Å². The molecule has 0 bridgehead atoms. The lowest BCUT2D eigenvalue weighted by molar-refractivity contribution is -0.139. The van der Waals surface area contributed by atoms with E-state index in [2.05, 4.69) is 0 Å². The summed E-state index contributed by atoms with van der Waals surface area (Å²) < 4.78 is 44.5. The number of anilines is 1. The lowest BCUT2D eigenvalue weighted by atomic mass is 9.73. The molecule has 0 atom stereocenters. The molecule has 2 aromatic carbocycles. The number of piperidine rings is 1. The molecule has 180 valence electrons. The molecule has 2 aliphatic heterocycles. The Morgan fingerprint density at radius 3 is 2.41 bits per heavy atom. The number of alkyl halides is 3. The van der Waals surface area contributed by atoms with Crippen molar-refractivity contribution in [3.8, 4) is 0 Å². The van der Waals surface area contributed by atoms with E-state index in [4.69, 9.17) is 4.74 Å². The Labute approximate surface area is 195 Å². The molecule has 0 radical (unpaired) electrons. The SMILES string of the molecule is COC(=O)c1ccc2c(c1)C1(CCN(C(=O)CCc3ccccc3C(F)(F)F)CC1)C(=O)N2C. The van der Waals surface area contributed by atoms with Gasteiger partial charge in [-0.15, -0.1) is 0 Å². The molecule has 0 saturated carbocycles. The van der Waals surface area contributed by atoms with Crippen LogP contribution in [0.15, 0.2) is 42.5 Å². The summed E-state index contributed by atoms with van der Waals surface area (Å²) >= 11 is 0. The highest BCUT2D eigenvalue weighted by molar-refractivity contribution is 6.08. The number of amides is 2. The van der Waals surface area contributed by atoms with E-state index in [1.54, 1.807) is 35.0 Å². The minimum atomic E-state index is -4.47. The number of ether oxygens (including phenoxy) is 1. The van der Waals surface area contributed by atoms with Gasteiger partial charge in [0.25, 0.3) is 0 Å². The van der Waals surface area contributed by atoms with Crippen molar-refractivity contribution < 1.29 is 32.3 Å². The molecule has 2 aromatic rings. The van der Waals surface area contributed by atoms with E-state index in [0.29, 0.717) is 31.5 Å². The Bertz CT molecular complexity index is 1140. The van der Waals surface area contributed by atoms with Crippen molar-refractivity contribution in [3.63, 3.8) is 0 Å². The third-order valence-electron chi connectivity index (χ3n) is 6.91. The van der Waals surface area contributed by atoms with Crippen LogP contribution in [0.5, 0.6) is 0 Å². The van der Waals surface area contributed by atoms with Crippen molar-refractivity contribution in [1.82, 2.24) is 4.90 Å². The van der Waals surface area contributed by atoms with Crippen LogP contribution in [-0.4, -0.2) is 49.9 Å². The first-order chi connectivity index (χ1) is 16.1. The van der Waals surface area contributed by atoms with Crippen molar-refractivity contribution in [1.29, 1.82) is 0 Å². The average Bonchev–Trinajstić information content (AvgIpc) is 3.03. The zero-order valence-corrected chi connectivity index (χ0v) is 18.9. The molecule has 0 aromatic heterocycles. The number of halogens is 3. The number of aryl methyl sites for hydroxylation is 1. The third-order valence-corrected chi connectivity index (χ3v) is 6.91. The van der Waals surface area contributed by atoms with Crippen LogP contribution >= 0.6 is 0 Å². The van der Waals surface area contributed by atoms with Crippen molar-refractivity contribution in [3.05, 3.63) is 64.7 Å². The molecule has 1 saturated heterocycles. The van der Waals surface area contributed by atoms with E-state index in [1.165, 1.54) is 25.3 Å². The lowest BCUT2D eigenvalue weighted by Gasteiger charge is -2.38. The lowest BCUT2D eigenvalue weighted by Crippen LogP contribution is -2.49. The highest BCUT2D eigenvalue weighted by Crippen LogP contribution is 2.48. The molecular formula is C25H25F3N2O4. The Kier molecular flexibility index (Phi) is 6.14. The Morgan fingerprint density at radius 1 is 1.09 bits per heavy atom. The van der Waals surface area contributed by atoms with Crippen molar-refractivity contribution >= 4 is 23.5 Å². The third kappa shape index (κ3) is 4.03. The number of methoxy groups -OCH3 is 1. The summed E-state index contributed by atoms with van der Waals surface area (Å²) in [6.07, 6.45) is -3.78. The van der Waals surface area contributed by atoms with Gasteiger partial charge in [0.05, 0.1) is 23.7 Å². The van der Waals surface area contributed by atoms with E-state index < -0.39 is 23.1 Å².